The van der Waals surface area contributed by atoms with Crippen LogP contribution in [0.3, 0.4) is 0 Å². The van der Waals surface area contributed by atoms with Crippen molar-refractivity contribution in [3.8, 4) is 23.0 Å². The van der Waals surface area contributed by atoms with Crippen molar-refractivity contribution in [1.29, 1.82) is 0 Å². The fraction of sp³-hybridized carbons (Fsp3) is 0.345. The predicted molar refractivity (Wildman–Crippen MR) is 136 cm³/mol. The third-order valence-corrected chi connectivity index (χ3v) is 7.17. The number of benzene rings is 3. The maximum absolute atomic E-state index is 14.3. The molecule has 1 fully saturated rings. The highest BCUT2D eigenvalue weighted by Gasteiger charge is 2.37. The van der Waals surface area contributed by atoms with Gasteiger partial charge in [-0.25, -0.2) is 0 Å². The number of carbonyl (C=O) groups excluding carboxylic acids is 1. The largest absolute Gasteiger partial charge is 0.497 e. The molecule has 3 aromatic carbocycles. The van der Waals surface area contributed by atoms with E-state index in [2.05, 4.69) is 4.90 Å². The number of likely N-dealkylation sites (tertiary alicyclic amines) is 1. The predicted octanol–water partition coefficient (Wildman–Crippen LogP) is 5.24. The van der Waals surface area contributed by atoms with E-state index in [1.165, 1.54) is 12.8 Å². The Hall–Kier alpha value is -3.51. The number of fused-ring (bicyclic) bond motifs is 2. The third kappa shape index (κ3) is 4.46. The van der Waals surface area contributed by atoms with Gasteiger partial charge in [-0.1, -0.05) is 36.4 Å². The lowest BCUT2D eigenvalue weighted by Crippen LogP contribution is -2.41. The minimum Gasteiger partial charge on any atom is -0.497 e. The van der Waals surface area contributed by atoms with Crippen molar-refractivity contribution in [2.45, 2.75) is 24.8 Å². The number of methoxy groups -OCH3 is 2. The van der Waals surface area contributed by atoms with E-state index in [4.69, 9.17) is 14.2 Å². The molecular weight excluding hydrogens is 440 g/mol. The number of para-hydroxylation sites is 2. The Morgan fingerprint density at radius 2 is 1.60 bits per heavy atom. The fourth-order valence-corrected chi connectivity index (χ4v) is 5.27. The monoisotopic (exact) mass is 472 g/mol. The zero-order valence-corrected chi connectivity index (χ0v) is 20.6. The first-order valence-electron chi connectivity index (χ1n) is 12.2. The van der Waals surface area contributed by atoms with Crippen LogP contribution in [0.5, 0.6) is 23.0 Å². The summed E-state index contributed by atoms with van der Waals surface area (Å²) in [7, 11) is 5.22. The molecule has 2 aliphatic heterocycles. The maximum Gasteiger partial charge on any atom is 0.235 e. The highest BCUT2D eigenvalue weighted by atomic mass is 16.5. The van der Waals surface area contributed by atoms with Gasteiger partial charge in [0, 0.05) is 36.3 Å². The molecule has 5 rings (SSSR count). The Balaban J connectivity index is 1.55. The van der Waals surface area contributed by atoms with E-state index < -0.39 is 5.92 Å². The molecule has 0 saturated carbocycles. The van der Waals surface area contributed by atoms with Gasteiger partial charge in [0.05, 0.1) is 26.2 Å². The summed E-state index contributed by atoms with van der Waals surface area (Å²) in [4.78, 5) is 18.7. The molecule has 0 bridgehead atoms. The van der Waals surface area contributed by atoms with Crippen molar-refractivity contribution in [3.05, 3.63) is 83.4 Å². The molecule has 182 valence electrons. The number of ether oxygens (including phenoxy) is 3. The fourth-order valence-electron chi connectivity index (χ4n) is 5.27. The minimum absolute atomic E-state index is 0.0373. The second kappa shape index (κ2) is 10.0. The summed E-state index contributed by atoms with van der Waals surface area (Å²) >= 11 is 0. The van der Waals surface area contributed by atoms with Gasteiger partial charge in [0.1, 0.15) is 23.0 Å². The molecule has 2 heterocycles. The van der Waals surface area contributed by atoms with Gasteiger partial charge in [0.15, 0.2) is 0 Å². The summed E-state index contributed by atoms with van der Waals surface area (Å²) in [5.41, 5.74) is 2.76. The minimum atomic E-state index is -0.438. The first kappa shape index (κ1) is 23.2. The van der Waals surface area contributed by atoms with Gasteiger partial charge >= 0.3 is 0 Å². The van der Waals surface area contributed by atoms with E-state index >= 15 is 0 Å². The lowest BCUT2D eigenvalue weighted by atomic mass is 9.86. The quantitative estimate of drug-likeness (QED) is 0.471. The lowest BCUT2D eigenvalue weighted by molar-refractivity contribution is -0.133. The van der Waals surface area contributed by atoms with Gasteiger partial charge in [-0.15, -0.1) is 0 Å². The number of likely N-dealkylation sites (N-methyl/N-ethyl adjacent to an activating group) is 1. The zero-order chi connectivity index (χ0) is 24.4. The van der Waals surface area contributed by atoms with Crippen molar-refractivity contribution >= 4 is 5.91 Å². The molecule has 0 unspecified atom stereocenters. The topological polar surface area (TPSA) is 51.2 Å². The van der Waals surface area contributed by atoms with Crippen LogP contribution in [-0.2, 0) is 4.79 Å². The first-order valence-corrected chi connectivity index (χ1v) is 12.2. The van der Waals surface area contributed by atoms with Gasteiger partial charge in [-0.05, 0) is 50.2 Å². The van der Waals surface area contributed by atoms with Crippen LogP contribution in [0.4, 0.5) is 0 Å². The van der Waals surface area contributed by atoms with Crippen LogP contribution in [0.1, 0.15) is 41.5 Å². The van der Waals surface area contributed by atoms with E-state index in [1.807, 2.05) is 78.7 Å². The summed E-state index contributed by atoms with van der Waals surface area (Å²) in [5, 5.41) is 0. The number of nitrogens with zero attached hydrogens (tertiary/aromatic N) is 2. The van der Waals surface area contributed by atoms with Gasteiger partial charge < -0.3 is 24.0 Å². The molecule has 0 spiro atoms. The average Bonchev–Trinajstić information content (AvgIpc) is 3.42. The van der Waals surface area contributed by atoms with E-state index in [0.717, 1.165) is 59.3 Å². The number of carbonyl (C=O) groups is 1. The molecule has 35 heavy (non-hydrogen) atoms. The average molecular weight is 473 g/mol. The number of hydrogen-bond donors (Lipinski definition) is 0. The van der Waals surface area contributed by atoms with Gasteiger partial charge in [0.2, 0.25) is 5.91 Å². The van der Waals surface area contributed by atoms with Crippen molar-refractivity contribution < 1.29 is 19.0 Å². The molecule has 0 aromatic heterocycles. The molecule has 0 N–H and O–H groups in total. The van der Waals surface area contributed by atoms with Crippen molar-refractivity contribution in [1.82, 2.24) is 9.80 Å². The first-order chi connectivity index (χ1) is 17.1. The van der Waals surface area contributed by atoms with Gasteiger partial charge in [0.25, 0.3) is 0 Å². The standard InChI is InChI=1S/C29H32N2O4/c1-30(24(19-31-16-8-9-17-31)21-15-14-20(33-2)18-27(21)34-3)29(32)28-22-10-4-6-12-25(22)35-26-13-7-5-11-23(26)28/h4-7,10-15,18,24,28H,8-9,16-17,19H2,1-3H3/t24-/m1/s1. The molecular formula is C29H32N2O4. The molecule has 2 aliphatic rings. The summed E-state index contributed by atoms with van der Waals surface area (Å²) < 4.78 is 17.3. The van der Waals surface area contributed by atoms with Crippen LogP contribution in [-0.4, -0.2) is 56.6 Å². The summed E-state index contributed by atoms with van der Waals surface area (Å²) in [6.07, 6.45) is 2.37. The smallest absolute Gasteiger partial charge is 0.235 e. The third-order valence-electron chi connectivity index (χ3n) is 7.17. The summed E-state index contributed by atoms with van der Waals surface area (Å²) in [6.45, 7) is 2.83. The Labute approximate surface area is 207 Å². The SMILES string of the molecule is COc1ccc([C@@H](CN2CCCC2)N(C)C(=O)C2c3ccccc3Oc3ccccc32)c(OC)c1. The molecule has 6 heteroatoms. The van der Waals surface area contributed by atoms with E-state index in [0.29, 0.717) is 0 Å². The van der Waals surface area contributed by atoms with Crippen LogP contribution < -0.4 is 14.2 Å². The van der Waals surface area contributed by atoms with E-state index in [9.17, 15) is 4.79 Å². The number of rotatable bonds is 7. The summed E-state index contributed by atoms with van der Waals surface area (Å²) in [5.74, 6) is 2.52. The number of amides is 1. The normalized spacial score (nSPS) is 16.1. The Bertz CT molecular complexity index is 1160. The van der Waals surface area contributed by atoms with E-state index in [-0.39, 0.29) is 11.9 Å². The van der Waals surface area contributed by atoms with Crippen LogP contribution >= 0.6 is 0 Å². The second-order valence-electron chi connectivity index (χ2n) is 9.19. The number of hydrogen-bond acceptors (Lipinski definition) is 5. The van der Waals surface area contributed by atoms with Crippen molar-refractivity contribution in [2.24, 2.45) is 0 Å². The molecule has 1 saturated heterocycles. The zero-order valence-electron chi connectivity index (χ0n) is 20.6. The maximum atomic E-state index is 14.3. The van der Waals surface area contributed by atoms with E-state index in [1.54, 1.807) is 14.2 Å². The Morgan fingerprint density at radius 1 is 0.971 bits per heavy atom. The lowest BCUT2D eigenvalue weighted by Gasteiger charge is -2.36. The van der Waals surface area contributed by atoms with Gasteiger partial charge in [-0.2, -0.15) is 0 Å². The highest BCUT2D eigenvalue weighted by molar-refractivity contribution is 5.90. The summed E-state index contributed by atoms with van der Waals surface area (Å²) in [6, 6.07) is 21.3. The van der Waals surface area contributed by atoms with Crippen LogP contribution in [0, 0.1) is 0 Å². The molecule has 0 aliphatic carbocycles. The Kier molecular flexibility index (Phi) is 6.64. The second-order valence-corrected chi connectivity index (χ2v) is 9.19. The highest BCUT2D eigenvalue weighted by Crippen LogP contribution is 2.45. The van der Waals surface area contributed by atoms with Gasteiger partial charge in [-0.3, -0.25) is 4.79 Å². The van der Waals surface area contributed by atoms with Crippen molar-refractivity contribution in [3.63, 3.8) is 0 Å². The molecule has 1 atom stereocenters. The Morgan fingerprint density at radius 3 is 2.20 bits per heavy atom. The molecule has 0 radical (unpaired) electrons. The molecule has 1 amide bonds. The van der Waals surface area contributed by atoms with Crippen molar-refractivity contribution in [2.75, 3.05) is 40.9 Å². The van der Waals surface area contributed by atoms with Crippen LogP contribution in [0.2, 0.25) is 0 Å². The molecule has 3 aromatic rings. The molecule has 6 nitrogen and oxygen atoms in total. The van der Waals surface area contributed by atoms with Crippen LogP contribution in [0.15, 0.2) is 66.7 Å². The van der Waals surface area contributed by atoms with Crippen LogP contribution in [0.25, 0.3) is 0 Å².